The number of hydrogen-bond acceptors (Lipinski definition) is 4. The summed E-state index contributed by atoms with van der Waals surface area (Å²) in [4.78, 5) is 36.3. The number of aromatic amines is 1. The van der Waals surface area contributed by atoms with Crippen LogP contribution < -0.4 is 5.56 Å². The molecular weight excluding hydrogens is 402 g/mol. The Balaban J connectivity index is 1.56. The summed E-state index contributed by atoms with van der Waals surface area (Å²) in [7, 11) is 3.61. The Morgan fingerprint density at radius 2 is 1.97 bits per heavy atom. The second kappa shape index (κ2) is 9.28. The van der Waals surface area contributed by atoms with E-state index in [2.05, 4.69) is 34.8 Å². The number of fused-ring (bicyclic) bond motifs is 1. The van der Waals surface area contributed by atoms with E-state index >= 15 is 0 Å². The third-order valence-corrected chi connectivity index (χ3v) is 6.29. The van der Waals surface area contributed by atoms with Gasteiger partial charge in [0, 0.05) is 56.1 Å². The first-order chi connectivity index (χ1) is 15.3. The summed E-state index contributed by atoms with van der Waals surface area (Å²) in [6, 6.07) is 7.80. The van der Waals surface area contributed by atoms with Crippen LogP contribution in [0, 0.1) is 5.92 Å². The number of carbonyl (C=O) groups is 1. The summed E-state index contributed by atoms with van der Waals surface area (Å²) in [6.07, 6.45) is 5.82. The Morgan fingerprint density at radius 3 is 2.66 bits per heavy atom. The number of nitrogens with zero attached hydrogens (tertiary/aromatic N) is 4. The molecule has 0 saturated carbocycles. The van der Waals surface area contributed by atoms with Crippen LogP contribution in [0.2, 0.25) is 0 Å². The number of pyridine rings is 2. The SMILES string of the molecule is CC(C)Cn1cc(-c2ccnc3[nH]c(C4CCN(CC(=O)N(C)C)CC4)cc23)ccc1=O. The molecule has 0 atom stereocenters. The molecule has 4 rings (SSSR count). The van der Waals surface area contributed by atoms with Crippen LogP contribution >= 0.6 is 0 Å². The first-order valence-corrected chi connectivity index (χ1v) is 11.4. The highest BCUT2D eigenvalue weighted by atomic mass is 16.2. The van der Waals surface area contributed by atoms with Crippen LogP contribution in [-0.4, -0.2) is 64.0 Å². The van der Waals surface area contributed by atoms with Crippen LogP contribution in [0.5, 0.6) is 0 Å². The van der Waals surface area contributed by atoms with Gasteiger partial charge in [0.05, 0.1) is 6.54 Å². The van der Waals surface area contributed by atoms with Crippen molar-refractivity contribution in [1.29, 1.82) is 0 Å². The Bertz CT molecular complexity index is 1150. The number of aromatic nitrogens is 3. The van der Waals surface area contributed by atoms with E-state index in [1.165, 1.54) is 5.69 Å². The summed E-state index contributed by atoms with van der Waals surface area (Å²) < 4.78 is 1.80. The maximum absolute atomic E-state index is 12.3. The van der Waals surface area contributed by atoms with Gasteiger partial charge in [-0.2, -0.15) is 0 Å². The lowest BCUT2D eigenvalue weighted by Gasteiger charge is -2.31. The van der Waals surface area contributed by atoms with E-state index in [4.69, 9.17) is 0 Å². The molecular formula is C25H33N5O2. The van der Waals surface area contributed by atoms with Gasteiger partial charge in [0.1, 0.15) is 5.65 Å². The van der Waals surface area contributed by atoms with E-state index in [0.29, 0.717) is 24.9 Å². The molecule has 170 valence electrons. The summed E-state index contributed by atoms with van der Waals surface area (Å²) in [6.45, 7) is 7.26. The molecule has 3 aromatic rings. The van der Waals surface area contributed by atoms with Crippen molar-refractivity contribution in [2.45, 2.75) is 39.2 Å². The average Bonchev–Trinajstić information content (AvgIpc) is 3.20. The molecule has 1 aliphatic heterocycles. The molecule has 1 fully saturated rings. The molecule has 0 unspecified atom stereocenters. The number of likely N-dealkylation sites (N-methyl/N-ethyl adjacent to an activating group) is 1. The van der Waals surface area contributed by atoms with Crippen molar-refractivity contribution in [1.82, 2.24) is 24.3 Å². The fourth-order valence-corrected chi connectivity index (χ4v) is 4.48. The Hall–Kier alpha value is -2.93. The Kier molecular flexibility index (Phi) is 6.46. The number of piperidine rings is 1. The number of nitrogens with one attached hydrogen (secondary N) is 1. The number of amides is 1. The number of likely N-dealkylation sites (tertiary alicyclic amines) is 1. The summed E-state index contributed by atoms with van der Waals surface area (Å²) >= 11 is 0. The van der Waals surface area contributed by atoms with E-state index in [-0.39, 0.29) is 11.5 Å². The zero-order chi connectivity index (χ0) is 22.8. The van der Waals surface area contributed by atoms with Crippen LogP contribution in [0.25, 0.3) is 22.2 Å². The molecule has 0 spiro atoms. The van der Waals surface area contributed by atoms with Crippen molar-refractivity contribution >= 4 is 16.9 Å². The van der Waals surface area contributed by atoms with Gasteiger partial charge in [-0.3, -0.25) is 14.5 Å². The van der Waals surface area contributed by atoms with E-state index < -0.39 is 0 Å². The molecule has 0 bridgehead atoms. The zero-order valence-electron chi connectivity index (χ0n) is 19.5. The molecule has 1 aliphatic rings. The Labute approximate surface area is 189 Å². The predicted octanol–water partition coefficient (Wildman–Crippen LogP) is 3.32. The molecule has 3 aromatic heterocycles. The van der Waals surface area contributed by atoms with E-state index in [9.17, 15) is 9.59 Å². The maximum Gasteiger partial charge on any atom is 0.250 e. The van der Waals surface area contributed by atoms with Gasteiger partial charge in [0.2, 0.25) is 5.91 Å². The highest BCUT2D eigenvalue weighted by Crippen LogP contribution is 2.33. The lowest BCUT2D eigenvalue weighted by atomic mass is 9.93. The van der Waals surface area contributed by atoms with E-state index in [1.54, 1.807) is 29.6 Å². The van der Waals surface area contributed by atoms with Gasteiger partial charge in [-0.15, -0.1) is 0 Å². The summed E-state index contributed by atoms with van der Waals surface area (Å²) in [5, 5.41) is 1.09. The molecule has 1 saturated heterocycles. The third-order valence-electron chi connectivity index (χ3n) is 6.29. The van der Waals surface area contributed by atoms with Crippen molar-refractivity contribution in [3.05, 3.63) is 52.7 Å². The van der Waals surface area contributed by atoms with Gasteiger partial charge in [-0.25, -0.2) is 4.98 Å². The topological polar surface area (TPSA) is 74.2 Å². The summed E-state index contributed by atoms with van der Waals surface area (Å²) in [5.74, 6) is 0.984. The highest BCUT2D eigenvalue weighted by molar-refractivity contribution is 5.93. The second-order valence-electron chi connectivity index (χ2n) is 9.49. The normalized spacial score (nSPS) is 15.5. The minimum Gasteiger partial charge on any atom is -0.348 e. The molecule has 0 radical (unpaired) electrons. The molecule has 7 nitrogen and oxygen atoms in total. The number of rotatable bonds is 6. The first-order valence-electron chi connectivity index (χ1n) is 11.4. The van der Waals surface area contributed by atoms with Gasteiger partial charge in [0.25, 0.3) is 5.56 Å². The van der Waals surface area contributed by atoms with Crippen molar-refractivity contribution in [3.8, 4) is 11.1 Å². The fourth-order valence-electron chi connectivity index (χ4n) is 4.48. The average molecular weight is 436 g/mol. The van der Waals surface area contributed by atoms with Crippen molar-refractivity contribution < 1.29 is 4.79 Å². The lowest BCUT2D eigenvalue weighted by molar-refractivity contribution is -0.130. The molecule has 0 aliphatic carbocycles. The zero-order valence-corrected chi connectivity index (χ0v) is 19.5. The molecule has 1 amide bonds. The second-order valence-corrected chi connectivity index (χ2v) is 9.49. The fraction of sp³-hybridized carbons (Fsp3) is 0.480. The van der Waals surface area contributed by atoms with Crippen molar-refractivity contribution in [3.63, 3.8) is 0 Å². The lowest BCUT2D eigenvalue weighted by Crippen LogP contribution is -2.40. The van der Waals surface area contributed by atoms with E-state index in [1.807, 2.05) is 24.5 Å². The van der Waals surface area contributed by atoms with Crippen molar-refractivity contribution in [2.24, 2.45) is 5.92 Å². The van der Waals surface area contributed by atoms with Crippen LogP contribution in [-0.2, 0) is 11.3 Å². The number of hydrogen-bond donors (Lipinski definition) is 1. The molecule has 4 heterocycles. The number of carbonyl (C=O) groups excluding carboxylic acids is 1. The summed E-state index contributed by atoms with van der Waals surface area (Å²) in [5.41, 5.74) is 4.23. The third kappa shape index (κ3) is 4.78. The minimum atomic E-state index is 0.0296. The van der Waals surface area contributed by atoms with Gasteiger partial charge in [-0.1, -0.05) is 13.8 Å². The predicted molar refractivity (Wildman–Crippen MR) is 128 cm³/mol. The number of H-pyrrole nitrogens is 1. The molecule has 1 N–H and O–H groups in total. The van der Waals surface area contributed by atoms with Crippen LogP contribution in [0.3, 0.4) is 0 Å². The minimum absolute atomic E-state index is 0.0296. The van der Waals surface area contributed by atoms with Gasteiger partial charge in [-0.05, 0) is 61.2 Å². The van der Waals surface area contributed by atoms with Crippen LogP contribution in [0.4, 0.5) is 0 Å². The van der Waals surface area contributed by atoms with Gasteiger partial charge >= 0.3 is 0 Å². The monoisotopic (exact) mass is 435 g/mol. The van der Waals surface area contributed by atoms with Crippen molar-refractivity contribution in [2.75, 3.05) is 33.7 Å². The largest absolute Gasteiger partial charge is 0.348 e. The molecule has 0 aromatic carbocycles. The van der Waals surface area contributed by atoms with E-state index in [0.717, 1.165) is 48.1 Å². The van der Waals surface area contributed by atoms with Gasteiger partial charge < -0.3 is 14.5 Å². The maximum atomic E-state index is 12.3. The van der Waals surface area contributed by atoms with Crippen LogP contribution in [0.1, 0.15) is 38.3 Å². The van der Waals surface area contributed by atoms with Gasteiger partial charge in [0.15, 0.2) is 0 Å². The molecule has 32 heavy (non-hydrogen) atoms. The van der Waals surface area contributed by atoms with Crippen LogP contribution in [0.15, 0.2) is 41.5 Å². The Morgan fingerprint density at radius 1 is 1.22 bits per heavy atom. The quantitative estimate of drug-likeness (QED) is 0.645. The highest BCUT2D eigenvalue weighted by Gasteiger charge is 2.24. The molecule has 7 heteroatoms. The smallest absolute Gasteiger partial charge is 0.250 e. The standard InChI is InChI=1S/C25H33N5O2/c1-17(2)14-30-15-19(5-6-23(30)31)20-7-10-26-25-21(20)13-22(27-25)18-8-11-29(12-9-18)16-24(32)28(3)4/h5-7,10,13,15,17-18H,8-9,11-12,14,16H2,1-4H3,(H,26,27). The first kappa shape index (κ1) is 22.3.